The van der Waals surface area contributed by atoms with E-state index in [1.54, 1.807) is 19.1 Å². The Hall–Kier alpha value is -1.24. The summed E-state index contributed by atoms with van der Waals surface area (Å²) >= 11 is 5.85. The Kier molecular flexibility index (Phi) is 3.75. The molecule has 74 valence electrons. The van der Waals surface area contributed by atoms with Crippen molar-refractivity contribution in [2.45, 2.75) is 13.0 Å². The van der Waals surface area contributed by atoms with Crippen LogP contribution in [0.15, 0.2) is 18.2 Å². The van der Waals surface area contributed by atoms with Crippen LogP contribution in [0.3, 0.4) is 0 Å². The van der Waals surface area contributed by atoms with Crippen molar-refractivity contribution in [3.8, 4) is 11.8 Å². The number of hydrogen-bond acceptors (Lipinski definition) is 3. The Morgan fingerprint density at radius 1 is 1.64 bits per heavy atom. The molecule has 1 unspecified atom stereocenters. The molecule has 0 aliphatic rings. The van der Waals surface area contributed by atoms with Gasteiger partial charge in [0.2, 0.25) is 0 Å². The molecule has 1 aromatic rings. The molecule has 4 heteroatoms. The number of nitriles is 1. The zero-order chi connectivity index (χ0) is 10.6. The van der Waals surface area contributed by atoms with Gasteiger partial charge < -0.3 is 9.84 Å². The fourth-order valence-corrected chi connectivity index (χ4v) is 1.15. The van der Waals surface area contributed by atoms with Crippen LogP contribution in [-0.4, -0.2) is 17.8 Å². The average molecular weight is 212 g/mol. The van der Waals surface area contributed by atoms with Crippen molar-refractivity contribution in [2.75, 3.05) is 6.61 Å². The predicted octanol–water partition coefficient (Wildman–Crippen LogP) is 1.97. The second kappa shape index (κ2) is 4.85. The fourth-order valence-electron chi connectivity index (χ4n) is 0.920. The summed E-state index contributed by atoms with van der Waals surface area (Å²) in [6, 6.07) is 6.74. The van der Waals surface area contributed by atoms with E-state index in [0.29, 0.717) is 16.3 Å². The number of halogens is 1. The summed E-state index contributed by atoms with van der Waals surface area (Å²) < 4.78 is 5.30. The molecule has 0 bridgehead atoms. The smallest absolute Gasteiger partial charge is 0.138 e. The van der Waals surface area contributed by atoms with Crippen LogP contribution in [0, 0.1) is 11.3 Å². The number of aliphatic hydroxyl groups is 1. The number of ether oxygens (including phenoxy) is 1. The van der Waals surface area contributed by atoms with Gasteiger partial charge in [-0.05, 0) is 25.1 Å². The zero-order valence-electron chi connectivity index (χ0n) is 7.70. The highest BCUT2D eigenvalue weighted by Crippen LogP contribution is 2.25. The third kappa shape index (κ3) is 2.63. The lowest BCUT2D eigenvalue weighted by Crippen LogP contribution is -2.16. The summed E-state index contributed by atoms with van der Waals surface area (Å²) in [5, 5.41) is 17.7. The third-order valence-corrected chi connectivity index (χ3v) is 1.94. The van der Waals surface area contributed by atoms with E-state index >= 15 is 0 Å². The van der Waals surface area contributed by atoms with Gasteiger partial charge in [-0.2, -0.15) is 5.26 Å². The lowest BCUT2D eigenvalue weighted by Gasteiger charge is -2.12. The zero-order valence-corrected chi connectivity index (χ0v) is 8.45. The summed E-state index contributed by atoms with van der Waals surface area (Å²) in [5.74, 6) is 0.479. The van der Waals surface area contributed by atoms with E-state index in [2.05, 4.69) is 0 Å². The van der Waals surface area contributed by atoms with E-state index in [1.165, 1.54) is 6.07 Å². The Labute approximate surface area is 87.5 Å². The molecule has 3 nitrogen and oxygen atoms in total. The van der Waals surface area contributed by atoms with E-state index in [9.17, 15) is 0 Å². The van der Waals surface area contributed by atoms with Crippen LogP contribution in [0.5, 0.6) is 5.75 Å². The molecule has 14 heavy (non-hydrogen) atoms. The number of aliphatic hydroxyl groups excluding tert-OH is 1. The normalized spacial score (nSPS) is 11.9. The molecule has 0 aliphatic carbocycles. The van der Waals surface area contributed by atoms with Crippen LogP contribution in [0.1, 0.15) is 12.5 Å². The molecule has 1 N–H and O–H groups in total. The molecule has 0 saturated carbocycles. The predicted molar refractivity (Wildman–Crippen MR) is 53.3 cm³/mol. The first-order valence-corrected chi connectivity index (χ1v) is 4.52. The maximum absolute atomic E-state index is 8.77. The molecule has 1 atom stereocenters. The van der Waals surface area contributed by atoms with E-state index < -0.39 is 0 Å². The van der Waals surface area contributed by atoms with E-state index in [4.69, 9.17) is 26.7 Å². The Balaban J connectivity index is 2.85. The van der Waals surface area contributed by atoms with Gasteiger partial charge in [-0.25, -0.2) is 0 Å². The second-order valence-electron chi connectivity index (χ2n) is 2.87. The maximum Gasteiger partial charge on any atom is 0.138 e. The summed E-state index contributed by atoms with van der Waals surface area (Å²) in [7, 11) is 0. The Morgan fingerprint density at radius 2 is 2.36 bits per heavy atom. The van der Waals surface area contributed by atoms with Gasteiger partial charge in [0.25, 0.3) is 0 Å². The Morgan fingerprint density at radius 3 is 2.86 bits per heavy atom. The van der Waals surface area contributed by atoms with Crippen molar-refractivity contribution in [2.24, 2.45) is 0 Å². The van der Waals surface area contributed by atoms with Crippen LogP contribution >= 0.6 is 11.6 Å². The number of benzene rings is 1. The van der Waals surface area contributed by atoms with Crippen molar-refractivity contribution >= 4 is 11.6 Å². The summed E-state index contributed by atoms with van der Waals surface area (Å²) in [6.45, 7) is 1.66. The minimum Gasteiger partial charge on any atom is -0.487 e. The maximum atomic E-state index is 8.77. The van der Waals surface area contributed by atoms with Gasteiger partial charge in [-0.3, -0.25) is 0 Å². The van der Waals surface area contributed by atoms with Crippen LogP contribution < -0.4 is 4.74 Å². The third-order valence-electron chi connectivity index (χ3n) is 1.65. The number of rotatable bonds is 3. The van der Waals surface area contributed by atoms with Gasteiger partial charge in [0.15, 0.2) is 0 Å². The molecule has 0 aromatic heterocycles. The Bertz CT molecular complexity index is 360. The lowest BCUT2D eigenvalue weighted by molar-refractivity contribution is 0.130. The minimum absolute atomic E-state index is 0.0731. The summed E-state index contributed by atoms with van der Waals surface area (Å²) in [6.07, 6.45) is -0.305. The lowest BCUT2D eigenvalue weighted by atomic mass is 10.2. The molecule has 1 aromatic carbocycles. The van der Waals surface area contributed by atoms with Gasteiger partial charge in [0.05, 0.1) is 23.3 Å². The van der Waals surface area contributed by atoms with Gasteiger partial charge in [-0.1, -0.05) is 11.6 Å². The molecule has 0 heterocycles. The van der Waals surface area contributed by atoms with Crippen LogP contribution in [0.4, 0.5) is 0 Å². The molecule has 0 amide bonds. The SMILES string of the molecule is CC(CO)Oc1ccc(C#N)cc1Cl. The van der Waals surface area contributed by atoms with E-state index in [0.717, 1.165) is 0 Å². The van der Waals surface area contributed by atoms with Crippen molar-refractivity contribution in [1.82, 2.24) is 0 Å². The quantitative estimate of drug-likeness (QED) is 0.832. The average Bonchev–Trinajstić information content (AvgIpc) is 2.20. The van der Waals surface area contributed by atoms with Crippen LogP contribution in [-0.2, 0) is 0 Å². The first-order valence-electron chi connectivity index (χ1n) is 4.14. The molecular formula is C10H10ClNO2. The molecule has 0 spiro atoms. The van der Waals surface area contributed by atoms with Gasteiger partial charge in [-0.15, -0.1) is 0 Å². The molecule has 0 fully saturated rings. The topological polar surface area (TPSA) is 53.2 Å². The summed E-state index contributed by atoms with van der Waals surface area (Å²) in [5.41, 5.74) is 0.485. The summed E-state index contributed by atoms with van der Waals surface area (Å²) in [4.78, 5) is 0. The minimum atomic E-state index is -0.305. The van der Waals surface area contributed by atoms with Gasteiger partial charge in [0.1, 0.15) is 11.9 Å². The highest BCUT2D eigenvalue weighted by Gasteiger charge is 2.06. The molecule has 1 rings (SSSR count). The van der Waals surface area contributed by atoms with Gasteiger partial charge in [0, 0.05) is 0 Å². The van der Waals surface area contributed by atoms with Crippen LogP contribution in [0.2, 0.25) is 5.02 Å². The number of nitrogens with zero attached hydrogens (tertiary/aromatic N) is 1. The van der Waals surface area contributed by atoms with Crippen molar-refractivity contribution < 1.29 is 9.84 Å². The van der Waals surface area contributed by atoms with Crippen molar-refractivity contribution in [3.63, 3.8) is 0 Å². The fraction of sp³-hybridized carbons (Fsp3) is 0.300. The highest BCUT2D eigenvalue weighted by atomic mass is 35.5. The largest absolute Gasteiger partial charge is 0.487 e. The van der Waals surface area contributed by atoms with Gasteiger partial charge >= 0.3 is 0 Å². The second-order valence-corrected chi connectivity index (χ2v) is 3.28. The molecule has 0 radical (unpaired) electrons. The van der Waals surface area contributed by atoms with Crippen molar-refractivity contribution in [1.29, 1.82) is 5.26 Å². The highest BCUT2D eigenvalue weighted by molar-refractivity contribution is 6.32. The molecule has 0 aliphatic heterocycles. The van der Waals surface area contributed by atoms with Crippen LogP contribution in [0.25, 0.3) is 0 Å². The first kappa shape index (κ1) is 10.8. The monoisotopic (exact) mass is 211 g/mol. The standard InChI is InChI=1S/C10H10ClNO2/c1-7(6-13)14-10-3-2-8(5-12)4-9(10)11/h2-4,7,13H,6H2,1H3. The van der Waals surface area contributed by atoms with E-state index in [-0.39, 0.29) is 12.7 Å². The van der Waals surface area contributed by atoms with E-state index in [1.807, 2.05) is 6.07 Å². The molecular weight excluding hydrogens is 202 g/mol. The first-order chi connectivity index (χ1) is 6.67. The molecule has 0 saturated heterocycles. The van der Waals surface area contributed by atoms with Crippen molar-refractivity contribution in [3.05, 3.63) is 28.8 Å². The number of hydrogen-bond donors (Lipinski definition) is 1.